The zero-order valence-electron chi connectivity index (χ0n) is 13.4. The van der Waals surface area contributed by atoms with Crippen molar-refractivity contribution in [3.05, 3.63) is 48.0 Å². The van der Waals surface area contributed by atoms with E-state index in [9.17, 15) is 4.79 Å². The highest BCUT2D eigenvalue weighted by Gasteiger charge is 2.26. The number of nitrogens with zero attached hydrogens (tertiary/aromatic N) is 1. The molecule has 0 aromatic heterocycles. The third-order valence-corrected chi connectivity index (χ3v) is 4.86. The van der Waals surface area contributed by atoms with Crippen LogP contribution in [0.3, 0.4) is 0 Å². The smallest absolute Gasteiger partial charge is 0.229 e. The van der Waals surface area contributed by atoms with Crippen LogP contribution in [0.1, 0.15) is 31.2 Å². The first-order valence-corrected chi connectivity index (χ1v) is 8.14. The van der Waals surface area contributed by atoms with Gasteiger partial charge in [0.15, 0.2) is 0 Å². The van der Waals surface area contributed by atoms with Crippen LogP contribution in [0.5, 0.6) is 0 Å². The normalized spacial score (nSPS) is 17.6. The second kappa shape index (κ2) is 6.49. The first-order chi connectivity index (χ1) is 10.7. The maximum Gasteiger partial charge on any atom is 0.229 e. The number of amides is 1. The van der Waals surface area contributed by atoms with Crippen LogP contribution in [0.4, 0.5) is 0 Å². The lowest BCUT2D eigenvalue weighted by Crippen LogP contribution is -2.45. The van der Waals surface area contributed by atoms with E-state index >= 15 is 0 Å². The molecular formula is C19H24N2O. The van der Waals surface area contributed by atoms with Crippen LogP contribution in [0, 0.1) is 0 Å². The van der Waals surface area contributed by atoms with Gasteiger partial charge in [-0.1, -0.05) is 42.5 Å². The van der Waals surface area contributed by atoms with Gasteiger partial charge in [0, 0.05) is 19.1 Å². The summed E-state index contributed by atoms with van der Waals surface area (Å²) in [4.78, 5) is 14.8. The van der Waals surface area contributed by atoms with Crippen molar-refractivity contribution >= 4 is 16.7 Å². The number of rotatable bonds is 3. The molecule has 1 unspecified atom stereocenters. The summed E-state index contributed by atoms with van der Waals surface area (Å²) >= 11 is 0. The van der Waals surface area contributed by atoms with Gasteiger partial charge in [0.25, 0.3) is 0 Å². The van der Waals surface area contributed by atoms with Crippen LogP contribution in [-0.2, 0) is 4.79 Å². The number of hydrogen-bond donors (Lipinski definition) is 1. The second-order valence-electron chi connectivity index (χ2n) is 6.22. The minimum absolute atomic E-state index is 0.0734. The zero-order valence-corrected chi connectivity index (χ0v) is 13.4. The Morgan fingerprint density at radius 2 is 1.82 bits per heavy atom. The molecule has 22 heavy (non-hydrogen) atoms. The Labute approximate surface area is 132 Å². The van der Waals surface area contributed by atoms with E-state index in [1.807, 2.05) is 31.0 Å². The van der Waals surface area contributed by atoms with Crippen molar-refractivity contribution < 1.29 is 4.79 Å². The maximum absolute atomic E-state index is 12.7. The average Bonchev–Trinajstić information content (AvgIpc) is 2.60. The molecule has 2 aromatic rings. The predicted octanol–water partition coefficient (Wildman–Crippen LogP) is 3.15. The van der Waals surface area contributed by atoms with E-state index in [0.29, 0.717) is 6.04 Å². The van der Waals surface area contributed by atoms with Crippen molar-refractivity contribution in [3.63, 3.8) is 0 Å². The van der Waals surface area contributed by atoms with Gasteiger partial charge in [0.1, 0.15) is 0 Å². The van der Waals surface area contributed by atoms with Gasteiger partial charge in [-0.3, -0.25) is 4.79 Å². The highest BCUT2D eigenvalue weighted by Crippen LogP contribution is 2.24. The lowest BCUT2D eigenvalue weighted by molar-refractivity contribution is -0.133. The van der Waals surface area contributed by atoms with Crippen LogP contribution in [0.15, 0.2) is 42.5 Å². The molecule has 1 amide bonds. The van der Waals surface area contributed by atoms with Crippen LogP contribution >= 0.6 is 0 Å². The Hall–Kier alpha value is -1.87. The average molecular weight is 296 g/mol. The minimum atomic E-state index is -0.0734. The molecule has 0 spiro atoms. The van der Waals surface area contributed by atoms with E-state index in [0.717, 1.165) is 31.5 Å². The maximum atomic E-state index is 12.7. The molecule has 1 N–H and O–H groups in total. The largest absolute Gasteiger partial charge is 0.342 e. The van der Waals surface area contributed by atoms with Crippen molar-refractivity contribution in [1.29, 1.82) is 0 Å². The van der Waals surface area contributed by atoms with E-state index < -0.39 is 0 Å². The van der Waals surface area contributed by atoms with Gasteiger partial charge < -0.3 is 10.2 Å². The van der Waals surface area contributed by atoms with Crippen LogP contribution in [0.2, 0.25) is 0 Å². The number of piperidine rings is 1. The Kier molecular flexibility index (Phi) is 4.44. The lowest BCUT2D eigenvalue weighted by atomic mass is 9.95. The van der Waals surface area contributed by atoms with Crippen molar-refractivity contribution in [3.8, 4) is 0 Å². The molecule has 1 fully saturated rings. The summed E-state index contributed by atoms with van der Waals surface area (Å²) in [5, 5.41) is 5.73. The molecule has 1 aliphatic rings. The van der Waals surface area contributed by atoms with E-state index in [-0.39, 0.29) is 11.8 Å². The van der Waals surface area contributed by atoms with Crippen LogP contribution < -0.4 is 5.32 Å². The third-order valence-electron chi connectivity index (χ3n) is 4.86. The third kappa shape index (κ3) is 3.00. The number of benzene rings is 2. The number of hydrogen-bond acceptors (Lipinski definition) is 2. The molecule has 1 saturated heterocycles. The van der Waals surface area contributed by atoms with Gasteiger partial charge in [-0.15, -0.1) is 0 Å². The van der Waals surface area contributed by atoms with Gasteiger partial charge in [0.2, 0.25) is 5.91 Å². The lowest BCUT2D eigenvalue weighted by Gasteiger charge is -2.33. The molecule has 0 radical (unpaired) electrons. The molecule has 1 atom stereocenters. The Balaban J connectivity index is 1.74. The topological polar surface area (TPSA) is 32.3 Å². The summed E-state index contributed by atoms with van der Waals surface area (Å²) in [5.74, 6) is 0.181. The molecule has 1 heterocycles. The first kappa shape index (κ1) is 15.0. The van der Waals surface area contributed by atoms with Gasteiger partial charge in [0.05, 0.1) is 5.92 Å². The number of nitrogens with one attached hydrogen (secondary N) is 1. The Morgan fingerprint density at radius 3 is 2.50 bits per heavy atom. The summed E-state index contributed by atoms with van der Waals surface area (Å²) in [7, 11) is 2.00. The van der Waals surface area contributed by atoms with E-state index in [1.165, 1.54) is 10.8 Å². The van der Waals surface area contributed by atoms with Crippen molar-refractivity contribution in [2.45, 2.75) is 31.7 Å². The van der Waals surface area contributed by atoms with Crippen molar-refractivity contribution in [2.24, 2.45) is 0 Å². The quantitative estimate of drug-likeness (QED) is 0.943. The van der Waals surface area contributed by atoms with E-state index in [1.54, 1.807) is 0 Å². The van der Waals surface area contributed by atoms with Crippen molar-refractivity contribution in [2.75, 3.05) is 20.1 Å². The molecule has 2 aromatic carbocycles. The number of carbonyl (C=O) groups excluding carboxylic acids is 1. The van der Waals surface area contributed by atoms with Crippen LogP contribution in [0.25, 0.3) is 10.8 Å². The summed E-state index contributed by atoms with van der Waals surface area (Å²) < 4.78 is 0. The summed E-state index contributed by atoms with van der Waals surface area (Å²) in [6.07, 6.45) is 2.10. The molecule has 3 heteroatoms. The summed E-state index contributed by atoms with van der Waals surface area (Å²) in [6.45, 7) is 3.75. The highest BCUT2D eigenvalue weighted by molar-refractivity contribution is 5.87. The number of likely N-dealkylation sites (tertiary alicyclic amines) is 1. The molecule has 3 rings (SSSR count). The molecular weight excluding hydrogens is 272 g/mol. The molecule has 1 aliphatic heterocycles. The predicted molar refractivity (Wildman–Crippen MR) is 91.0 cm³/mol. The van der Waals surface area contributed by atoms with Gasteiger partial charge in [-0.25, -0.2) is 0 Å². The standard InChI is InChI=1S/C19H24N2O/c1-14(19(22)21-11-9-18(20-2)10-12-21)16-8-7-15-5-3-4-6-17(15)13-16/h3-8,13-14,18,20H,9-12H2,1-2H3. The zero-order chi connectivity index (χ0) is 15.5. The van der Waals surface area contributed by atoms with Gasteiger partial charge >= 0.3 is 0 Å². The monoisotopic (exact) mass is 296 g/mol. The van der Waals surface area contributed by atoms with Crippen molar-refractivity contribution in [1.82, 2.24) is 10.2 Å². The Bertz CT molecular complexity index is 659. The SMILES string of the molecule is CNC1CCN(C(=O)C(C)c2ccc3ccccc3c2)CC1. The minimum Gasteiger partial charge on any atom is -0.342 e. The molecule has 0 bridgehead atoms. The molecule has 0 saturated carbocycles. The summed E-state index contributed by atoms with van der Waals surface area (Å²) in [5.41, 5.74) is 1.11. The second-order valence-corrected chi connectivity index (χ2v) is 6.22. The fourth-order valence-corrected chi connectivity index (χ4v) is 3.28. The molecule has 3 nitrogen and oxygen atoms in total. The Morgan fingerprint density at radius 1 is 1.14 bits per heavy atom. The van der Waals surface area contributed by atoms with Gasteiger partial charge in [-0.2, -0.15) is 0 Å². The first-order valence-electron chi connectivity index (χ1n) is 8.14. The number of carbonyl (C=O) groups is 1. The molecule has 116 valence electrons. The molecule has 0 aliphatic carbocycles. The highest BCUT2D eigenvalue weighted by atomic mass is 16.2. The van der Waals surface area contributed by atoms with Crippen LogP contribution in [-0.4, -0.2) is 37.0 Å². The fourth-order valence-electron chi connectivity index (χ4n) is 3.28. The van der Waals surface area contributed by atoms with E-state index in [2.05, 4.69) is 35.6 Å². The number of fused-ring (bicyclic) bond motifs is 1. The summed E-state index contributed by atoms with van der Waals surface area (Å²) in [6, 6.07) is 15.2. The van der Waals surface area contributed by atoms with E-state index in [4.69, 9.17) is 0 Å². The fraction of sp³-hybridized carbons (Fsp3) is 0.421. The van der Waals surface area contributed by atoms with Gasteiger partial charge in [-0.05, 0) is 43.1 Å².